The van der Waals surface area contributed by atoms with Crippen LogP contribution in [0.2, 0.25) is 0 Å². The highest BCUT2D eigenvalue weighted by Gasteiger charge is 2.12. The number of ether oxygens (including phenoxy) is 2. The molecule has 2 heterocycles. The SMILES string of the molecule is COc1nc(CNC(=O)c2cn(C)nn2)nc(OC)n1. The Morgan fingerprint density at radius 2 is 1.90 bits per heavy atom. The van der Waals surface area contributed by atoms with E-state index >= 15 is 0 Å². The van der Waals surface area contributed by atoms with Crippen molar-refractivity contribution in [2.24, 2.45) is 7.05 Å². The van der Waals surface area contributed by atoms with Crippen molar-refractivity contribution in [1.29, 1.82) is 0 Å². The zero-order valence-electron chi connectivity index (χ0n) is 11.2. The second-order valence-corrected chi connectivity index (χ2v) is 3.69. The second-order valence-electron chi connectivity index (χ2n) is 3.69. The first-order valence-corrected chi connectivity index (χ1v) is 5.60. The summed E-state index contributed by atoms with van der Waals surface area (Å²) < 4.78 is 11.3. The minimum absolute atomic E-state index is 0.0879. The average molecular weight is 279 g/mol. The number of aromatic nitrogens is 6. The van der Waals surface area contributed by atoms with Gasteiger partial charge < -0.3 is 14.8 Å². The number of hydrogen-bond donors (Lipinski definition) is 1. The minimum atomic E-state index is -0.378. The van der Waals surface area contributed by atoms with E-state index in [1.165, 1.54) is 25.1 Å². The third kappa shape index (κ3) is 3.16. The number of amides is 1. The summed E-state index contributed by atoms with van der Waals surface area (Å²) in [6.07, 6.45) is 1.50. The Bertz CT molecular complexity index is 590. The van der Waals surface area contributed by atoms with Crippen LogP contribution in [0.1, 0.15) is 16.3 Å². The predicted molar refractivity (Wildman–Crippen MR) is 65.1 cm³/mol. The first-order chi connectivity index (χ1) is 9.62. The zero-order valence-corrected chi connectivity index (χ0v) is 11.2. The topological polar surface area (TPSA) is 117 Å². The summed E-state index contributed by atoms with van der Waals surface area (Å²) in [4.78, 5) is 23.6. The van der Waals surface area contributed by atoms with E-state index in [4.69, 9.17) is 9.47 Å². The molecule has 0 aliphatic rings. The molecular weight excluding hydrogens is 266 g/mol. The molecule has 0 aliphatic heterocycles. The van der Waals surface area contributed by atoms with Gasteiger partial charge >= 0.3 is 12.0 Å². The molecule has 1 amide bonds. The van der Waals surface area contributed by atoms with E-state index in [1.807, 2.05) is 0 Å². The van der Waals surface area contributed by atoms with Gasteiger partial charge in [0.2, 0.25) is 0 Å². The first kappa shape index (κ1) is 13.6. The Kier molecular flexibility index (Phi) is 4.03. The number of nitrogens with one attached hydrogen (secondary N) is 1. The van der Waals surface area contributed by atoms with Gasteiger partial charge in [-0.2, -0.15) is 9.97 Å². The van der Waals surface area contributed by atoms with Crippen molar-refractivity contribution in [3.05, 3.63) is 17.7 Å². The van der Waals surface area contributed by atoms with Crippen LogP contribution in [0.5, 0.6) is 12.0 Å². The quantitative estimate of drug-likeness (QED) is 0.736. The van der Waals surface area contributed by atoms with Crippen molar-refractivity contribution < 1.29 is 14.3 Å². The maximum absolute atomic E-state index is 11.8. The molecule has 0 bridgehead atoms. The van der Waals surface area contributed by atoms with Gasteiger partial charge in [0.25, 0.3) is 5.91 Å². The molecule has 0 unspecified atom stereocenters. The largest absolute Gasteiger partial charge is 0.467 e. The molecule has 2 aromatic rings. The number of rotatable bonds is 5. The van der Waals surface area contributed by atoms with Crippen LogP contribution in [0.15, 0.2) is 6.20 Å². The summed E-state index contributed by atoms with van der Waals surface area (Å²) in [5, 5.41) is 9.98. The average Bonchev–Trinajstić information content (AvgIpc) is 2.91. The standard InChI is InChI=1S/C10H13N7O3/c1-17-5-6(15-16-17)8(18)11-4-7-12-9(19-2)14-10(13-7)20-3/h5H,4H2,1-3H3,(H,11,18). The van der Waals surface area contributed by atoms with Crippen molar-refractivity contribution in [2.45, 2.75) is 6.54 Å². The minimum Gasteiger partial charge on any atom is -0.467 e. The maximum atomic E-state index is 11.8. The predicted octanol–water partition coefficient (Wildman–Crippen LogP) is -1.05. The van der Waals surface area contributed by atoms with Crippen LogP contribution >= 0.6 is 0 Å². The van der Waals surface area contributed by atoms with Crippen molar-refractivity contribution in [3.8, 4) is 12.0 Å². The number of carbonyl (C=O) groups excluding carboxylic acids is 1. The number of nitrogens with zero attached hydrogens (tertiary/aromatic N) is 6. The van der Waals surface area contributed by atoms with Crippen LogP contribution in [-0.2, 0) is 13.6 Å². The highest BCUT2D eigenvalue weighted by Crippen LogP contribution is 2.08. The summed E-state index contributed by atoms with van der Waals surface area (Å²) in [6.45, 7) is 0.0879. The summed E-state index contributed by atoms with van der Waals surface area (Å²) in [5.41, 5.74) is 0.209. The van der Waals surface area contributed by atoms with Crippen molar-refractivity contribution in [3.63, 3.8) is 0 Å². The van der Waals surface area contributed by atoms with Gasteiger partial charge in [-0.05, 0) is 0 Å². The fraction of sp³-hybridized carbons (Fsp3) is 0.400. The molecule has 0 radical (unpaired) electrons. The molecule has 10 heteroatoms. The van der Waals surface area contributed by atoms with Gasteiger partial charge in [0.15, 0.2) is 11.5 Å². The molecule has 0 aliphatic carbocycles. The number of methoxy groups -OCH3 is 2. The fourth-order valence-electron chi connectivity index (χ4n) is 1.34. The van der Waals surface area contributed by atoms with Crippen LogP contribution in [-0.4, -0.2) is 50.1 Å². The lowest BCUT2D eigenvalue weighted by Crippen LogP contribution is -2.24. The van der Waals surface area contributed by atoms with Gasteiger partial charge in [-0.25, -0.2) is 0 Å². The van der Waals surface area contributed by atoms with E-state index in [2.05, 4.69) is 30.6 Å². The number of hydrogen-bond acceptors (Lipinski definition) is 8. The van der Waals surface area contributed by atoms with E-state index in [9.17, 15) is 4.79 Å². The van der Waals surface area contributed by atoms with Crippen LogP contribution in [0.3, 0.4) is 0 Å². The number of carbonyl (C=O) groups is 1. The van der Waals surface area contributed by atoms with Crippen molar-refractivity contribution in [2.75, 3.05) is 14.2 Å². The van der Waals surface area contributed by atoms with E-state index < -0.39 is 0 Å². The molecule has 0 aromatic carbocycles. The molecule has 106 valence electrons. The highest BCUT2D eigenvalue weighted by atomic mass is 16.5. The van der Waals surface area contributed by atoms with E-state index in [-0.39, 0.29) is 30.2 Å². The summed E-state index contributed by atoms with van der Waals surface area (Å²) in [5.74, 6) is -0.0672. The fourth-order valence-corrected chi connectivity index (χ4v) is 1.34. The lowest BCUT2D eigenvalue weighted by Gasteiger charge is -2.05. The Morgan fingerprint density at radius 1 is 1.25 bits per heavy atom. The molecule has 2 aromatic heterocycles. The summed E-state index contributed by atoms with van der Waals surface area (Å²) in [6, 6.07) is 0.223. The van der Waals surface area contributed by atoms with E-state index in [1.54, 1.807) is 7.05 Å². The molecule has 0 fully saturated rings. The van der Waals surface area contributed by atoms with Crippen LogP contribution in [0, 0.1) is 0 Å². The van der Waals surface area contributed by atoms with Gasteiger partial charge in [0, 0.05) is 7.05 Å². The molecule has 0 saturated carbocycles. The normalized spacial score (nSPS) is 10.2. The Balaban J connectivity index is 2.05. The third-order valence-electron chi connectivity index (χ3n) is 2.25. The summed E-state index contributed by atoms with van der Waals surface area (Å²) >= 11 is 0. The Morgan fingerprint density at radius 3 is 2.40 bits per heavy atom. The maximum Gasteiger partial charge on any atom is 0.322 e. The van der Waals surface area contributed by atoms with Crippen LogP contribution in [0.25, 0.3) is 0 Å². The molecule has 0 saturated heterocycles. The zero-order chi connectivity index (χ0) is 14.5. The van der Waals surface area contributed by atoms with Crippen molar-refractivity contribution in [1.82, 2.24) is 35.3 Å². The smallest absolute Gasteiger partial charge is 0.322 e. The van der Waals surface area contributed by atoms with Crippen LogP contribution in [0.4, 0.5) is 0 Å². The third-order valence-corrected chi connectivity index (χ3v) is 2.25. The van der Waals surface area contributed by atoms with Gasteiger partial charge in [-0.3, -0.25) is 9.48 Å². The molecular formula is C10H13N7O3. The first-order valence-electron chi connectivity index (χ1n) is 5.60. The van der Waals surface area contributed by atoms with E-state index in [0.29, 0.717) is 5.82 Å². The second kappa shape index (κ2) is 5.91. The monoisotopic (exact) mass is 279 g/mol. The molecule has 0 atom stereocenters. The molecule has 1 N–H and O–H groups in total. The summed E-state index contributed by atoms with van der Waals surface area (Å²) in [7, 11) is 4.53. The molecule has 0 spiro atoms. The van der Waals surface area contributed by atoms with Gasteiger partial charge in [0.05, 0.1) is 27.0 Å². The van der Waals surface area contributed by atoms with Gasteiger partial charge in [-0.1, -0.05) is 5.21 Å². The number of aryl methyl sites for hydroxylation is 1. The molecule has 2 rings (SSSR count). The lowest BCUT2D eigenvalue weighted by atomic mass is 10.4. The highest BCUT2D eigenvalue weighted by molar-refractivity contribution is 5.91. The van der Waals surface area contributed by atoms with Gasteiger partial charge in [0.1, 0.15) is 0 Å². The van der Waals surface area contributed by atoms with E-state index in [0.717, 1.165) is 0 Å². The lowest BCUT2D eigenvalue weighted by molar-refractivity contribution is 0.0944. The molecule has 10 nitrogen and oxygen atoms in total. The van der Waals surface area contributed by atoms with Crippen molar-refractivity contribution >= 4 is 5.91 Å². The Labute approximate surface area is 114 Å². The molecule has 20 heavy (non-hydrogen) atoms. The Hall–Kier alpha value is -2.78. The van der Waals surface area contributed by atoms with Gasteiger partial charge in [-0.15, -0.1) is 10.1 Å². The van der Waals surface area contributed by atoms with Crippen LogP contribution < -0.4 is 14.8 Å².